The molecule has 0 aromatic heterocycles. The van der Waals surface area contributed by atoms with Crippen LogP contribution in [0.5, 0.6) is 0 Å². The molecular weight excluding hydrogens is 242 g/mol. The lowest BCUT2D eigenvalue weighted by atomic mass is 10.1. The number of ether oxygens (including phenoxy) is 2. The summed E-state index contributed by atoms with van der Waals surface area (Å²) in [5, 5.41) is 13.1. The van der Waals surface area contributed by atoms with Crippen LogP contribution < -0.4 is 5.32 Å². The zero-order valence-electron chi connectivity index (χ0n) is 12.3. The van der Waals surface area contributed by atoms with E-state index in [1.54, 1.807) is 7.11 Å². The predicted octanol–water partition coefficient (Wildman–Crippen LogP) is 2.13. The maximum atomic E-state index is 9.84. The van der Waals surface area contributed by atoms with Crippen LogP contribution in [0.1, 0.15) is 18.1 Å². The van der Waals surface area contributed by atoms with E-state index in [2.05, 4.69) is 37.4 Å². The fourth-order valence-electron chi connectivity index (χ4n) is 1.93. The molecule has 1 aromatic rings. The Morgan fingerprint density at radius 2 is 1.79 bits per heavy atom. The Hall–Kier alpha value is -1.10. The average molecular weight is 267 g/mol. The Morgan fingerprint density at radius 3 is 2.37 bits per heavy atom. The van der Waals surface area contributed by atoms with Gasteiger partial charge in [0.25, 0.3) is 0 Å². The monoisotopic (exact) mass is 267 g/mol. The second kappa shape index (κ2) is 8.15. The standard InChI is InChI=1S/C15H25NO3/c1-11-5-12(2)7-14(6-11)16-8-15(17)10-19-13(3)9-18-4/h5-7,13,15-17H,8-10H2,1-4H3. The van der Waals surface area contributed by atoms with Gasteiger partial charge >= 0.3 is 0 Å². The molecule has 1 rings (SSSR count). The van der Waals surface area contributed by atoms with Gasteiger partial charge in [0.2, 0.25) is 0 Å². The minimum absolute atomic E-state index is 0.000800. The SMILES string of the molecule is COCC(C)OCC(O)CNc1cc(C)cc(C)c1. The third-order valence-electron chi connectivity index (χ3n) is 2.74. The van der Waals surface area contributed by atoms with Crippen molar-refractivity contribution in [2.24, 2.45) is 0 Å². The highest BCUT2D eigenvalue weighted by Gasteiger charge is 2.08. The van der Waals surface area contributed by atoms with Crippen molar-refractivity contribution < 1.29 is 14.6 Å². The first-order valence-corrected chi connectivity index (χ1v) is 6.62. The lowest BCUT2D eigenvalue weighted by Gasteiger charge is -2.17. The number of methoxy groups -OCH3 is 1. The number of nitrogens with one attached hydrogen (secondary N) is 1. The van der Waals surface area contributed by atoms with E-state index in [1.165, 1.54) is 11.1 Å². The van der Waals surface area contributed by atoms with Crippen LogP contribution in [0.15, 0.2) is 18.2 Å². The normalized spacial score (nSPS) is 14.2. The molecule has 4 heteroatoms. The molecule has 0 aliphatic carbocycles. The van der Waals surface area contributed by atoms with Crippen molar-refractivity contribution in [2.75, 3.05) is 32.2 Å². The van der Waals surface area contributed by atoms with Gasteiger partial charge in [-0.15, -0.1) is 0 Å². The third-order valence-corrected chi connectivity index (χ3v) is 2.74. The van der Waals surface area contributed by atoms with E-state index in [0.29, 0.717) is 19.8 Å². The second-order valence-corrected chi connectivity index (χ2v) is 5.01. The number of hydrogen-bond donors (Lipinski definition) is 2. The van der Waals surface area contributed by atoms with Crippen molar-refractivity contribution in [3.63, 3.8) is 0 Å². The molecule has 2 unspecified atom stereocenters. The summed E-state index contributed by atoms with van der Waals surface area (Å²) in [4.78, 5) is 0. The van der Waals surface area contributed by atoms with Gasteiger partial charge in [-0.05, 0) is 44.0 Å². The maximum absolute atomic E-state index is 9.84. The largest absolute Gasteiger partial charge is 0.389 e. The molecular formula is C15H25NO3. The fourth-order valence-corrected chi connectivity index (χ4v) is 1.93. The van der Waals surface area contributed by atoms with E-state index in [1.807, 2.05) is 6.92 Å². The Morgan fingerprint density at radius 1 is 1.16 bits per heavy atom. The Bertz CT molecular complexity index is 361. The first kappa shape index (κ1) is 16.0. The average Bonchev–Trinajstić information content (AvgIpc) is 2.33. The van der Waals surface area contributed by atoms with Gasteiger partial charge < -0.3 is 19.9 Å². The summed E-state index contributed by atoms with van der Waals surface area (Å²) in [6.07, 6.45) is -0.527. The Kier molecular flexibility index (Phi) is 6.84. The van der Waals surface area contributed by atoms with Gasteiger partial charge in [0, 0.05) is 19.3 Å². The van der Waals surface area contributed by atoms with Crippen LogP contribution in [-0.4, -0.2) is 44.2 Å². The smallest absolute Gasteiger partial charge is 0.0945 e. The third kappa shape index (κ3) is 6.57. The fraction of sp³-hybridized carbons (Fsp3) is 0.600. The van der Waals surface area contributed by atoms with Gasteiger partial charge in [-0.3, -0.25) is 0 Å². The number of benzene rings is 1. The molecule has 1 aromatic carbocycles. The number of aryl methyl sites for hydroxylation is 2. The number of aliphatic hydroxyl groups excluding tert-OH is 1. The van der Waals surface area contributed by atoms with E-state index in [4.69, 9.17) is 9.47 Å². The van der Waals surface area contributed by atoms with E-state index < -0.39 is 6.10 Å². The van der Waals surface area contributed by atoms with Crippen molar-refractivity contribution in [3.05, 3.63) is 29.3 Å². The van der Waals surface area contributed by atoms with E-state index in [9.17, 15) is 5.11 Å². The molecule has 0 radical (unpaired) electrons. The lowest BCUT2D eigenvalue weighted by Crippen LogP contribution is -2.28. The number of anilines is 1. The highest BCUT2D eigenvalue weighted by Crippen LogP contribution is 2.13. The van der Waals surface area contributed by atoms with Crippen molar-refractivity contribution in [3.8, 4) is 0 Å². The van der Waals surface area contributed by atoms with Crippen LogP contribution in [0.25, 0.3) is 0 Å². The van der Waals surface area contributed by atoms with Crippen molar-refractivity contribution in [1.82, 2.24) is 0 Å². The van der Waals surface area contributed by atoms with E-state index in [0.717, 1.165) is 5.69 Å². The maximum Gasteiger partial charge on any atom is 0.0945 e. The molecule has 0 aliphatic rings. The molecule has 0 bridgehead atoms. The molecule has 0 amide bonds. The summed E-state index contributed by atoms with van der Waals surface area (Å²) in [6, 6.07) is 6.25. The van der Waals surface area contributed by atoms with E-state index >= 15 is 0 Å². The molecule has 0 spiro atoms. The van der Waals surface area contributed by atoms with Gasteiger partial charge in [0.15, 0.2) is 0 Å². The number of hydrogen-bond acceptors (Lipinski definition) is 4. The summed E-state index contributed by atoms with van der Waals surface area (Å²) in [5.41, 5.74) is 3.45. The van der Waals surface area contributed by atoms with Crippen LogP contribution in [0, 0.1) is 13.8 Å². The molecule has 2 atom stereocenters. The molecule has 0 saturated carbocycles. The summed E-state index contributed by atoms with van der Waals surface area (Å²) in [5.74, 6) is 0. The highest BCUT2D eigenvalue weighted by atomic mass is 16.5. The van der Waals surface area contributed by atoms with E-state index in [-0.39, 0.29) is 6.10 Å². The topological polar surface area (TPSA) is 50.7 Å². The molecule has 108 valence electrons. The molecule has 0 saturated heterocycles. The van der Waals surface area contributed by atoms with Gasteiger partial charge in [0.1, 0.15) is 0 Å². The number of rotatable bonds is 8. The summed E-state index contributed by atoms with van der Waals surface area (Å²) in [7, 11) is 1.64. The molecule has 19 heavy (non-hydrogen) atoms. The Labute approximate surface area is 115 Å². The zero-order valence-corrected chi connectivity index (χ0v) is 12.3. The molecule has 0 heterocycles. The highest BCUT2D eigenvalue weighted by molar-refractivity contribution is 5.48. The van der Waals surface area contributed by atoms with Crippen LogP contribution in [0.4, 0.5) is 5.69 Å². The van der Waals surface area contributed by atoms with Crippen LogP contribution in [0.3, 0.4) is 0 Å². The van der Waals surface area contributed by atoms with Gasteiger partial charge in [-0.25, -0.2) is 0 Å². The molecule has 4 nitrogen and oxygen atoms in total. The van der Waals surface area contributed by atoms with Gasteiger partial charge in [-0.1, -0.05) is 6.07 Å². The quantitative estimate of drug-likeness (QED) is 0.757. The van der Waals surface area contributed by atoms with Crippen LogP contribution >= 0.6 is 0 Å². The molecule has 0 fully saturated rings. The first-order chi connectivity index (χ1) is 9.01. The number of aliphatic hydroxyl groups is 1. The zero-order chi connectivity index (χ0) is 14.3. The lowest BCUT2D eigenvalue weighted by molar-refractivity contribution is -0.0282. The minimum Gasteiger partial charge on any atom is -0.389 e. The van der Waals surface area contributed by atoms with Gasteiger partial charge in [-0.2, -0.15) is 0 Å². The van der Waals surface area contributed by atoms with Crippen molar-refractivity contribution in [1.29, 1.82) is 0 Å². The molecule has 0 aliphatic heterocycles. The molecule has 2 N–H and O–H groups in total. The Balaban J connectivity index is 2.31. The van der Waals surface area contributed by atoms with Gasteiger partial charge in [0.05, 0.1) is 25.4 Å². The summed E-state index contributed by atoms with van der Waals surface area (Å²) in [6.45, 7) is 7.37. The second-order valence-electron chi connectivity index (χ2n) is 5.01. The van der Waals surface area contributed by atoms with Crippen LogP contribution in [-0.2, 0) is 9.47 Å². The van der Waals surface area contributed by atoms with Crippen molar-refractivity contribution >= 4 is 5.69 Å². The van der Waals surface area contributed by atoms with Crippen molar-refractivity contribution in [2.45, 2.75) is 33.0 Å². The first-order valence-electron chi connectivity index (χ1n) is 6.62. The predicted molar refractivity (Wildman–Crippen MR) is 77.7 cm³/mol. The van der Waals surface area contributed by atoms with Crippen LogP contribution in [0.2, 0.25) is 0 Å². The summed E-state index contributed by atoms with van der Waals surface area (Å²) < 4.78 is 10.4. The minimum atomic E-state index is -0.528. The summed E-state index contributed by atoms with van der Waals surface area (Å²) >= 11 is 0.